The topological polar surface area (TPSA) is 86.1 Å². The summed E-state index contributed by atoms with van der Waals surface area (Å²) in [5, 5.41) is 3.38. The molecule has 0 spiro atoms. The molecule has 182 valence electrons. The number of halogens is 1. The molecule has 0 saturated carbocycles. The van der Waals surface area contributed by atoms with Crippen molar-refractivity contribution in [2.75, 3.05) is 38.3 Å². The standard InChI is InChI=1S/C25H30FN3O5/c1-4-32-21-12-16(13-22(23(21)26)33-5-2)15-29(18-8-10-27-11-9-18)25-28-19-14-17(24(30)31-3)6-7-20(19)34-25/h6-7,12-14,18,27H,4-5,8-11,15H2,1-3H3. The SMILES string of the molecule is CCOc1cc(CN(c2nc3cc(C(=O)OC)ccc3o2)C2CCNCC2)cc(OCC)c1F. The van der Waals surface area contributed by atoms with Crippen molar-refractivity contribution in [3.05, 3.63) is 47.3 Å². The number of anilines is 1. The molecule has 9 heteroatoms. The fourth-order valence-corrected chi connectivity index (χ4v) is 4.19. The molecule has 4 rings (SSSR count). The summed E-state index contributed by atoms with van der Waals surface area (Å²) in [4.78, 5) is 18.7. The van der Waals surface area contributed by atoms with Gasteiger partial charge in [0, 0.05) is 12.6 Å². The number of nitrogens with zero attached hydrogens (tertiary/aromatic N) is 2. The third-order valence-electron chi connectivity index (χ3n) is 5.81. The molecule has 0 amide bonds. The maximum absolute atomic E-state index is 14.8. The van der Waals surface area contributed by atoms with Gasteiger partial charge in [0.05, 0.1) is 25.9 Å². The van der Waals surface area contributed by atoms with Gasteiger partial charge < -0.3 is 28.8 Å². The summed E-state index contributed by atoms with van der Waals surface area (Å²) in [6.45, 7) is 6.51. The number of rotatable bonds is 9. The quantitative estimate of drug-likeness (QED) is 0.462. The number of oxazole rings is 1. The molecule has 1 N–H and O–H groups in total. The van der Waals surface area contributed by atoms with Gasteiger partial charge in [-0.2, -0.15) is 9.37 Å². The Balaban J connectivity index is 1.72. The van der Waals surface area contributed by atoms with Crippen LogP contribution in [-0.4, -0.2) is 50.4 Å². The van der Waals surface area contributed by atoms with Crippen molar-refractivity contribution in [2.45, 2.75) is 39.3 Å². The predicted octanol–water partition coefficient (Wildman–Crippen LogP) is 4.31. The van der Waals surface area contributed by atoms with E-state index in [0.717, 1.165) is 31.5 Å². The van der Waals surface area contributed by atoms with E-state index < -0.39 is 11.8 Å². The largest absolute Gasteiger partial charge is 0.491 e. The number of ether oxygens (including phenoxy) is 3. The minimum absolute atomic E-state index is 0.161. The molecule has 1 aliphatic heterocycles. The second-order valence-electron chi connectivity index (χ2n) is 8.05. The molecule has 2 aromatic carbocycles. The minimum atomic E-state index is -0.502. The first-order valence-corrected chi connectivity index (χ1v) is 11.6. The molecule has 3 aromatic rings. The van der Waals surface area contributed by atoms with Crippen LogP contribution in [0.15, 0.2) is 34.7 Å². The molecule has 0 aliphatic carbocycles. The zero-order valence-corrected chi connectivity index (χ0v) is 19.7. The molecule has 2 heterocycles. The lowest BCUT2D eigenvalue weighted by Crippen LogP contribution is -2.43. The van der Waals surface area contributed by atoms with Crippen molar-refractivity contribution >= 4 is 23.1 Å². The number of hydrogen-bond donors (Lipinski definition) is 1. The van der Waals surface area contributed by atoms with E-state index in [1.54, 1.807) is 30.3 Å². The van der Waals surface area contributed by atoms with Crippen LogP contribution in [0.3, 0.4) is 0 Å². The maximum atomic E-state index is 14.8. The van der Waals surface area contributed by atoms with Crippen molar-refractivity contribution in [3.8, 4) is 11.5 Å². The fourth-order valence-electron chi connectivity index (χ4n) is 4.19. The van der Waals surface area contributed by atoms with Gasteiger partial charge >= 0.3 is 5.97 Å². The number of hydrogen-bond acceptors (Lipinski definition) is 8. The molecule has 0 unspecified atom stereocenters. The number of esters is 1. The lowest BCUT2D eigenvalue weighted by Gasteiger charge is -2.33. The van der Waals surface area contributed by atoms with Crippen molar-refractivity contribution in [1.29, 1.82) is 0 Å². The molecule has 1 aromatic heterocycles. The van der Waals surface area contributed by atoms with Crippen LogP contribution in [0, 0.1) is 5.82 Å². The van der Waals surface area contributed by atoms with Crippen LogP contribution in [0.5, 0.6) is 11.5 Å². The van der Waals surface area contributed by atoms with Crippen molar-refractivity contribution in [2.24, 2.45) is 0 Å². The van der Waals surface area contributed by atoms with Gasteiger partial charge in [-0.3, -0.25) is 0 Å². The Morgan fingerprint density at radius 3 is 2.44 bits per heavy atom. The molecular weight excluding hydrogens is 441 g/mol. The Labute approximate surface area is 198 Å². The van der Waals surface area contributed by atoms with Crippen LogP contribution < -0.4 is 19.7 Å². The zero-order valence-electron chi connectivity index (χ0n) is 19.7. The summed E-state index contributed by atoms with van der Waals surface area (Å²) < 4.78 is 36.7. The monoisotopic (exact) mass is 471 g/mol. The normalized spacial score (nSPS) is 14.2. The number of aromatic nitrogens is 1. The maximum Gasteiger partial charge on any atom is 0.337 e. The van der Waals surface area contributed by atoms with Gasteiger partial charge in [-0.05, 0) is 75.7 Å². The molecule has 0 radical (unpaired) electrons. The molecule has 34 heavy (non-hydrogen) atoms. The first-order valence-electron chi connectivity index (χ1n) is 11.6. The lowest BCUT2D eigenvalue weighted by molar-refractivity contribution is 0.0601. The number of carbonyl (C=O) groups excluding carboxylic acids is 1. The summed E-state index contributed by atoms with van der Waals surface area (Å²) in [7, 11) is 1.34. The zero-order chi connectivity index (χ0) is 24.1. The fraction of sp³-hybridized carbons (Fsp3) is 0.440. The van der Waals surface area contributed by atoms with Crippen molar-refractivity contribution in [1.82, 2.24) is 10.3 Å². The minimum Gasteiger partial charge on any atom is -0.491 e. The lowest BCUT2D eigenvalue weighted by atomic mass is 10.0. The highest BCUT2D eigenvalue weighted by molar-refractivity contribution is 5.93. The van der Waals surface area contributed by atoms with Crippen LogP contribution in [0.2, 0.25) is 0 Å². The Morgan fingerprint density at radius 1 is 1.15 bits per heavy atom. The number of carbonyl (C=O) groups is 1. The van der Waals surface area contributed by atoms with E-state index in [0.29, 0.717) is 42.4 Å². The van der Waals surface area contributed by atoms with E-state index in [-0.39, 0.29) is 17.5 Å². The van der Waals surface area contributed by atoms with Gasteiger partial charge in [-0.25, -0.2) is 4.79 Å². The average molecular weight is 472 g/mol. The second kappa shape index (κ2) is 10.7. The van der Waals surface area contributed by atoms with Crippen molar-refractivity contribution < 1.29 is 27.8 Å². The van der Waals surface area contributed by atoms with Gasteiger partial charge in [-0.15, -0.1) is 0 Å². The van der Waals surface area contributed by atoms with Crippen LogP contribution in [0.4, 0.5) is 10.4 Å². The van der Waals surface area contributed by atoms with Crippen LogP contribution in [-0.2, 0) is 11.3 Å². The third kappa shape index (κ3) is 5.09. The summed E-state index contributed by atoms with van der Waals surface area (Å²) in [5.74, 6) is -0.610. The molecular formula is C25H30FN3O5. The molecule has 0 atom stereocenters. The van der Waals surface area contributed by atoms with E-state index in [9.17, 15) is 9.18 Å². The van der Waals surface area contributed by atoms with E-state index >= 15 is 0 Å². The number of fused-ring (bicyclic) bond motifs is 1. The van der Waals surface area contributed by atoms with E-state index in [1.807, 2.05) is 13.8 Å². The molecule has 1 saturated heterocycles. The van der Waals surface area contributed by atoms with E-state index in [1.165, 1.54) is 7.11 Å². The van der Waals surface area contributed by atoms with Gasteiger partial charge in [-0.1, -0.05) is 0 Å². The number of nitrogens with one attached hydrogen (secondary N) is 1. The Kier molecular flexibility index (Phi) is 7.52. The highest BCUT2D eigenvalue weighted by atomic mass is 19.1. The first-order chi connectivity index (χ1) is 16.5. The highest BCUT2D eigenvalue weighted by Crippen LogP contribution is 2.33. The highest BCUT2D eigenvalue weighted by Gasteiger charge is 2.27. The number of methoxy groups -OCH3 is 1. The molecule has 0 bridgehead atoms. The first kappa shape index (κ1) is 23.8. The smallest absolute Gasteiger partial charge is 0.337 e. The molecule has 8 nitrogen and oxygen atoms in total. The second-order valence-corrected chi connectivity index (χ2v) is 8.05. The third-order valence-corrected chi connectivity index (χ3v) is 5.81. The van der Waals surface area contributed by atoms with E-state index in [2.05, 4.69) is 10.2 Å². The average Bonchev–Trinajstić information content (AvgIpc) is 3.28. The van der Waals surface area contributed by atoms with Crippen LogP contribution in [0.1, 0.15) is 42.6 Å². The predicted molar refractivity (Wildman–Crippen MR) is 126 cm³/mol. The van der Waals surface area contributed by atoms with E-state index in [4.69, 9.17) is 23.6 Å². The molecule has 1 aliphatic rings. The van der Waals surface area contributed by atoms with Gasteiger partial charge in [0.2, 0.25) is 5.82 Å². The Bertz CT molecular complexity index is 1120. The van der Waals surface area contributed by atoms with Crippen molar-refractivity contribution in [3.63, 3.8) is 0 Å². The molecule has 1 fully saturated rings. The summed E-state index contributed by atoms with van der Waals surface area (Å²) >= 11 is 0. The number of benzene rings is 2. The summed E-state index contributed by atoms with van der Waals surface area (Å²) in [6, 6.07) is 9.06. The number of piperidine rings is 1. The summed E-state index contributed by atoms with van der Waals surface area (Å²) in [6.07, 6.45) is 1.81. The van der Waals surface area contributed by atoms with Gasteiger partial charge in [0.15, 0.2) is 17.1 Å². The van der Waals surface area contributed by atoms with Crippen LogP contribution >= 0.6 is 0 Å². The Morgan fingerprint density at radius 2 is 1.82 bits per heavy atom. The van der Waals surface area contributed by atoms with Gasteiger partial charge in [0.25, 0.3) is 6.01 Å². The Hall–Kier alpha value is -3.33. The van der Waals surface area contributed by atoms with Crippen LogP contribution in [0.25, 0.3) is 11.1 Å². The summed E-state index contributed by atoms with van der Waals surface area (Å²) in [5.41, 5.74) is 2.38. The van der Waals surface area contributed by atoms with Gasteiger partial charge in [0.1, 0.15) is 5.52 Å².